The Labute approximate surface area is 170 Å². The number of anilines is 1. The van der Waals surface area contributed by atoms with Crippen LogP contribution in [0.2, 0.25) is 0 Å². The van der Waals surface area contributed by atoms with Gasteiger partial charge in [0, 0.05) is 23.8 Å². The summed E-state index contributed by atoms with van der Waals surface area (Å²) in [6.07, 6.45) is 1.19. The van der Waals surface area contributed by atoms with Crippen LogP contribution in [0, 0.1) is 19.8 Å². The largest absolute Gasteiger partial charge is 0.443 e. The minimum absolute atomic E-state index is 0.00573. The van der Waals surface area contributed by atoms with E-state index >= 15 is 0 Å². The van der Waals surface area contributed by atoms with Crippen LogP contribution in [0.1, 0.15) is 24.2 Å². The zero-order valence-electron chi connectivity index (χ0n) is 16.9. The third-order valence-electron chi connectivity index (χ3n) is 5.56. The number of cyclic esters (lactones) is 1. The van der Waals surface area contributed by atoms with Crippen molar-refractivity contribution in [1.29, 1.82) is 0 Å². The number of likely N-dealkylation sites (tertiary alicyclic amines) is 1. The van der Waals surface area contributed by atoms with Crippen molar-refractivity contribution in [2.75, 3.05) is 31.5 Å². The summed E-state index contributed by atoms with van der Waals surface area (Å²) in [5.41, 5.74) is 3.83. The van der Waals surface area contributed by atoms with E-state index in [4.69, 9.17) is 4.74 Å². The molecule has 2 fully saturated rings. The van der Waals surface area contributed by atoms with Crippen LogP contribution in [0.3, 0.4) is 0 Å². The number of nitrogens with one attached hydrogen (secondary N) is 2. The molecule has 2 N–H and O–H groups in total. The Bertz CT molecular complexity index is 884. The maximum atomic E-state index is 12.6. The van der Waals surface area contributed by atoms with Crippen LogP contribution in [-0.4, -0.2) is 59.0 Å². The number of aromatic nitrogens is 2. The Morgan fingerprint density at radius 1 is 1.24 bits per heavy atom. The molecule has 2 amide bonds. The number of amides is 2. The number of aryl methyl sites for hydroxylation is 2. The van der Waals surface area contributed by atoms with Crippen LogP contribution in [-0.2, 0) is 9.53 Å². The van der Waals surface area contributed by atoms with Crippen molar-refractivity contribution in [3.05, 3.63) is 41.7 Å². The first-order chi connectivity index (χ1) is 14.0. The molecule has 4 rings (SSSR count). The summed E-state index contributed by atoms with van der Waals surface area (Å²) in [6, 6.07) is 9.80. The fraction of sp³-hybridized carbons (Fsp3) is 0.476. The van der Waals surface area contributed by atoms with E-state index in [1.165, 1.54) is 0 Å². The van der Waals surface area contributed by atoms with E-state index in [9.17, 15) is 9.59 Å². The molecule has 2 aliphatic heterocycles. The number of ether oxygens (including phenoxy) is 1. The number of carbonyl (C=O) groups excluding carboxylic acids is 2. The highest BCUT2D eigenvalue weighted by Crippen LogP contribution is 2.21. The first-order valence-corrected chi connectivity index (χ1v) is 10.1. The Morgan fingerprint density at radius 3 is 2.55 bits per heavy atom. The second-order valence-electron chi connectivity index (χ2n) is 7.86. The van der Waals surface area contributed by atoms with Gasteiger partial charge in [-0.15, -0.1) is 0 Å². The predicted molar refractivity (Wildman–Crippen MR) is 109 cm³/mol. The van der Waals surface area contributed by atoms with E-state index in [0.717, 1.165) is 55.2 Å². The molecule has 0 bridgehead atoms. The van der Waals surface area contributed by atoms with E-state index in [-0.39, 0.29) is 24.0 Å². The molecule has 0 saturated carbocycles. The summed E-state index contributed by atoms with van der Waals surface area (Å²) in [7, 11) is 0. The van der Waals surface area contributed by atoms with Gasteiger partial charge in [0.05, 0.1) is 17.9 Å². The van der Waals surface area contributed by atoms with Gasteiger partial charge in [-0.3, -0.25) is 9.69 Å². The Balaban J connectivity index is 1.27. The standard InChI is InChI=1S/C21H27N5O3/c1-14-11-15(2)26(24-14)18-5-3-17(4-6-18)23-20(27)16-7-9-25(10-8-16)13-19-12-22-21(28)29-19/h3-6,11,16,19H,7-10,12-13H2,1-2H3,(H,22,28)(H,23,27)/t19-/m0/s1. The topological polar surface area (TPSA) is 88.5 Å². The van der Waals surface area contributed by atoms with Crippen LogP contribution in [0.5, 0.6) is 0 Å². The van der Waals surface area contributed by atoms with Gasteiger partial charge in [0.1, 0.15) is 6.10 Å². The number of benzene rings is 1. The van der Waals surface area contributed by atoms with Gasteiger partial charge in [-0.05, 0) is 70.1 Å². The van der Waals surface area contributed by atoms with Crippen molar-refractivity contribution >= 4 is 17.7 Å². The average molecular weight is 397 g/mol. The normalized spacial score (nSPS) is 20.3. The van der Waals surface area contributed by atoms with E-state index in [2.05, 4.69) is 20.6 Å². The maximum Gasteiger partial charge on any atom is 0.407 e. The van der Waals surface area contributed by atoms with Crippen LogP contribution in [0.25, 0.3) is 5.69 Å². The highest BCUT2D eigenvalue weighted by Gasteiger charge is 2.29. The minimum atomic E-state index is -0.340. The van der Waals surface area contributed by atoms with Crippen LogP contribution in [0.15, 0.2) is 30.3 Å². The lowest BCUT2D eigenvalue weighted by Gasteiger charge is -2.32. The Morgan fingerprint density at radius 2 is 1.97 bits per heavy atom. The monoisotopic (exact) mass is 397 g/mol. The van der Waals surface area contributed by atoms with Crippen molar-refractivity contribution in [3.63, 3.8) is 0 Å². The SMILES string of the molecule is Cc1cc(C)n(-c2ccc(NC(=O)C3CCN(C[C@@H]4CNC(=O)O4)CC3)cc2)n1. The Hall–Kier alpha value is -2.87. The lowest BCUT2D eigenvalue weighted by molar-refractivity contribution is -0.121. The predicted octanol–water partition coefficient (Wildman–Crippen LogP) is 2.25. The molecule has 1 aromatic heterocycles. The van der Waals surface area contributed by atoms with E-state index < -0.39 is 0 Å². The molecule has 1 atom stereocenters. The van der Waals surface area contributed by atoms with Gasteiger partial charge in [0.2, 0.25) is 5.91 Å². The fourth-order valence-corrected chi connectivity index (χ4v) is 4.02. The third-order valence-corrected chi connectivity index (χ3v) is 5.56. The molecule has 8 heteroatoms. The van der Waals surface area contributed by atoms with Gasteiger partial charge in [-0.25, -0.2) is 9.48 Å². The maximum absolute atomic E-state index is 12.6. The lowest BCUT2D eigenvalue weighted by Crippen LogP contribution is -2.42. The molecule has 2 aromatic rings. The van der Waals surface area contributed by atoms with Gasteiger partial charge in [-0.2, -0.15) is 5.10 Å². The highest BCUT2D eigenvalue weighted by molar-refractivity contribution is 5.92. The van der Waals surface area contributed by atoms with E-state index in [0.29, 0.717) is 6.54 Å². The number of hydrogen-bond acceptors (Lipinski definition) is 5. The number of piperidine rings is 1. The molecule has 2 saturated heterocycles. The van der Waals surface area contributed by atoms with Gasteiger partial charge >= 0.3 is 6.09 Å². The molecular formula is C21H27N5O3. The van der Waals surface area contributed by atoms with Gasteiger partial charge in [-0.1, -0.05) is 0 Å². The molecule has 29 heavy (non-hydrogen) atoms. The molecule has 3 heterocycles. The molecule has 0 spiro atoms. The third kappa shape index (κ3) is 4.59. The quantitative estimate of drug-likeness (QED) is 0.808. The summed E-state index contributed by atoms with van der Waals surface area (Å²) in [6.45, 7) is 6.95. The van der Waals surface area contributed by atoms with Crippen molar-refractivity contribution < 1.29 is 14.3 Å². The van der Waals surface area contributed by atoms with Crippen molar-refractivity contribution in [2.24, 2.45) is 5.92 Å². The first kappa shape index (κ1) is 19.4. The number of nitrogens with zero attached hydrogens (tertiary/aromatic N) is 3. The molecule has 154 valence electrons. The molecule has 0 radical (unpaired) electrons. The van der Waals surface area contributed by atoms with Crippen molar-refractivity contribution in [2.45, 2.75) is 32.8 Å². The summed E-state index contributed by atoms with van der Waals surface area (Å²) in [4.78, 5) is 26.0. The second kappa shape index (κ2) is 8.24. The fourth-order valence-electron chi connectivity index (χ4n) is 4.02. The number of carbonyl (C=O) groups is 2. The number of hydrogen-bond donors (Lipinski definition) is 2. The second-order valence-corrected chi connectivity index (χ2v) is 7.86. The summed E-state index contributed by atoms with van der Waals surface area (Å²) in [5, 5.41) is 10.2. The number of alkyl carbamates (subject to hydrolysis) is 1. The zero-order chi connectivity index (χ0) is 20.4. The van der Waals surface area contributed by atoms with Gasteiger partial charge in [0.25, 0.3) is 0 Å². The van der Waals surface area contributed by atoms with Gasteiger partial charge in [0.15, 0.2) is 0 Å². The van der Waals surface area contributed by atoms with Crippen LogP contribution >= 0.6 is 0 Å². The lowest BCUT2D eigenvalue weighted by atomic mass is 9.95. The highest BCUT2D eigenvalue weighted by atomic mass is 16.6. The molecular weight excluding hydrogens is 370 g/mol. The minimum Gasteiger partial charge on any atom is -0.443 e. The first-order valence-electron chi connectivity index (χ1n) is 10.1. The molecule has 8 nitrogen and oxygen atoms in total. The van der Waals surface area contributed by atoms with Crippen LogP contribution < -0.4 is 10.6 Å². The van der Waals surface area contributed by atoms with Crippen molar-refractivity contribution in [1.82, 2.24) is 20.0 Å². The van der Waals surface area contributed by atoms with Crippen molar-refractivity contribution in [3.8, 4) is 5.69 Å². The summed E-state index contributed by atoms with van der Waals surface area (Å²) < 4.78 is 7.09. The van der Waals surface area contributed by atoms with E-state index in [1.54, 1.807) is 0 Å². The zero-order valence-corrected chi connectivity index (χ0v) is 16.9. The summed E-state index contributed by atoms with van der Waals surface area (Å²) in [5.74, 6) is 0.0728. The molecule has 1 aromatic carbocycles. The van der Waals surface area contributed by atoms with Gasteiger partial charge < -0.3 is 15.4 Å². The number of rotatable bonds is 5. The smallest absolute Gasteiger partial charge is 0.407 e. The van der Waals surface area contributed by atoms with E-state index in [1.807, 2.05) is 48.9 Å². The van der Waals surface area contributed by atoms with Crippen LogP contribution in [0.4, 0.5) is 10.5 Å². The average Bonchev–Trinajstić information content (AvgIpc) is 3.27. The Kier molecular flexibility index (Phi) is 5.53. The molecule has 2 aliphatic rings. The molecule has 0 aliphatic carbocycles. The molecule has 0 unspecified atom stereocenters. The summed E-state index contributed by atoms with van der Waals surface area (Å²) >= 11 is 0.